The Morgan fingerprint density at radius 1 is 1.20 bits per heavy atom. The second kappa shape index (κ2) is 9.04. The number of benzene rings is 1. The van der Waals surface area contributed by atoms with E-state index in [1.54, 1.807) is 19.1 Å². The van der Waals surface area contributed by atoms with Crippen LogP contribution in [-0.2, 0) is 16.0 Å². The number of carbonyl (C=O) groups is 2. The maximum atomic E-state index is 13.5. The van der Waals surface area contributed by atoms with E-state index < -0.39 is 6.04 Å². The molecule has 8 heteroatoms. The van der Waals surface area contributed by atoms with Crippen LogP contribution in [0, 0.1) is 6.92 Å². The quantitative estimate of drug-likeness (QED) is 0.645. The first kappa shape index (κ1) is 22.1. The van der Waals surface area contributed by atoms with Gasteiger partial charge in [0.15, 0.2) is 11.5 Å². The average Bonchev–Trinajstić information content (AvgIpc) is 3.14. The molecule has 3 rings (SSSR count). The molecule has 30 heavy (non-hydrogen) atoms. The summed E-state index contributed by atoms with van der Waals surface area (Å²) in [7, 11) is 4.52. The highest BCUT2D eigenvalue weighted by Crippen LogP contribution is 2.40. The van der Waals surface area contributed by atoms with Gasteiger partial charge in [-0.15, -0.1) is 11.3 Å². The second-order valence-electron chi connectivity index (χ2n) is 7.57. The molecule has 2 aromatic rings. The van der Waals surface area contributed by atoms with E-state index in [2.05, 4.69) is 18.8 Å². The van der Waals surface area contributed by atoms with Gasteiger partial charge in [0.1, 0.15) is 4.88 Å². The number of nitrogens with zero attached hydrogens (tertiary/aromatic N) is 2. The second-order valence-corrected chi connectivity index (χ2v) is 8.60. The Kier molecular flexibility index (Phi) is 6.65. The van der Waals surface area contributed by atoms with Crippen LogP contribution in [0.3, 0.4) is 0 Å². The third kappa shape index (κ3) is 4.14. The summed E-state index contributed by atoms with van der Waals surface area (Å²) in [6, 6.07) is 3.34. The lowest BCUT2D eigenvalue weighted by atomic mass is 9.89. The van der Waals surface area contributed by atoms with Gasteiger partial charge in [-0.2, -0.15) is 0 Å². The Morgan fingerprint density at radius 2 is 1.87 bits per heavy atom. The molecule has 0 bridgehead atoms. The highest BCUT2D eigenvalue weighted by atomic mass is 32.1. The van der Waals surface area contributed by atoms with Crippen molar-refractivity contribution in [3.05, 3.63) is 38.8 Å². The van der Waals surface area contributed by atoms with Crippen LogP contribution in [0.2, 0.25) is 0 Å². The Balaban J connectivity index is 2.04. The molecular formula is C22H28N2O5S. The maximum Gasteiger partial charge on any atom is 0.307 e. The number of rotatable bonds is 6. The number of hydrogen-bond acceptors (Lipinski definition) is 7. The van der Waals surface area contributed by atoms with Crippen molar-refractivity contribution in [1.82, 2.24) is 9.88 Å². The molecule has 1 aliphatic heterocycles. The van der Waals surface area contributed by atoms with Gasteiger partial charge in [0.2, 0.25) is 0 Å². The fourth-order valence-electron chi connectivity index (χ4n) is 3.73. The first-order chi connectivity index (χ1) is 14.3. The first-order valence-electron chi connectivity index (χ1n) is 9.90. The van der Waals surface area contributed by atoms with Crippen LogP contribution in [0.4, 0.5) is 0 Å². The largest absolute Gasteiger partial charge is 0.493 e. The van der Waals surface area contributed by atoms with Crippen molar-refractivity contribution < 1.29 is 23.8 Å². The van der Waals surface area contributed by atoms with E-state index >= 15 is 0 Å². The number of esters is 1. The fourth-order valence-corrected chi connectivity index (χ4v) is 4.75. The summed E-state index contributed by atoms with van der Waals surface area (Å²) in [6.07, 6.45) is 0.730. The van der Waals surface area contributed by atoms with Crippen LogP contribution in [-0.4, -0.2) is 49.6 Å². The molecule has 1 atom stereocenters. The molecule has 162 valence electrons. The Bertz CT molecular complexity index is 953. The van der Waals surface area contributed by atoms with E-state index in [9.17, 15) is 9.59 Å². The zero-order valence-corrected chi connectivity index (χ0v) is 19.1. The van der Waals surface area contributed by atoms with Gasteiger partial charge in [-0.3, -0.25) is 9.59 Å². The molecule has 0 radical (unpaired) electrons. The lowest BCUT2D eigenvalue weighted by Gasteiger charge is -2.37. The van der Waals surface area contributed by atoms with Crippen LogP contribution < -0.4 is 9.47 Å². The third-order valence-electron chi connectivity index (χ3n) is 5.35. The number of hydrogen-bond donors (Lipinski definition) is 0. The first-order valence-corrected chi connectivity index (χ1v) is 10.7. The molecule has 7 nitrogen and oxygen atoms in total. The molecule has 1 aliphatic rings. The lowest BCUT2D eigenvalue weighted by Crippen LogP contribution is -2.41. The van der Waals surface area contributed by atoms with Crippen LogP contribution in [0.5, 0.6) is 11.5 Å². The van der Waals surface area contributed by atoms with Gasteiger partial charge in [-0.25, -0.2) is 4.98 Å². The van der Waals surface area contributed by atoms with Crippen LogP contribution in [0.15, 0.2) is 12.1 Å². The van der Waals surface area contributed by atoms with Crippen LogP contribution in [0.1, 0.15) is 63.7 Å². The number of thiazole rings is 1. The number of methoxy groups -OCH3 is 3. The summed E-state index contributed by atoms with van der Waals surface area (Å²) < 4.78 is 15.8. The molecule has 0 saturated carbocycles. The molecule has 0 spiro atoms. The Hall–Kier alpha value is -2.61. The number of ether oxygens (including phenoxy) is 3. The van der Waals surface area contributed by atoms with Gasteiger partial charge in [-0.05, 0) is 36.6 Å². The molecule has 1 unspecified atom stereocenters. The van der Waals surface area contributed by atoms with E-state index in [1.165, 1.54) is 18.4 Å². The normalized spacial score (nSPS) is 15.7. The summed E-state index contributed by atoms with van der Waals surface area (Å²) in [5.41, 5.74) is 2.64. The SMILES string of the molecule is COC(=O)CC1c2cc(OC)c(OC)cc2CCN1C(=O)c1sc(C(C)C)nc1C. The number of fused-ring (bicyclic) bond motifs is 1. The van der Waals surface area contributed by atoms with Gasteiger partial charge < -0.3 is 19.1 Å². The van der Waals surface area contributed by atoms with Gasteiger partial charge in [-0.1, -0.05) is 13.8 Å². The van der Waals surface area contributed by atoms with Crippen LogP contribution >= 0.6 is 11.3 Å². The van der Waals surface area contributed by atoms with Gasteiger partial charge >= 0.3 is 5.97 Å². The number of aryl methyl sites for hydroxylation is 1. The summed E-state index contributed by atoms with van der Waals surface area (Å²) >= 11 is 1.43. The summed E-state index contributed by atoms with van der Waals surface area (Å²) in [4.78, 5) is 32.7. The highest BCUT2D eigenvalue weighted by Gasteiger charge is 2.35. The molecule has 1 aromatic heterocycles. The van der Waals surface area contributed by atoms with Crippen LogP contribution in [0.25, 0.3) is 0 Å². The predicted octanol–water partition coefficient (Wildman–Crippen LogP) is 3.89. The molecule has 0 fully saturated rings. The summed E-state index contributed by atoms with van der Waals surface area (Å²) in [6.45, 7) is 6.47. The number of amides is 1. The maximum absolute atomic E-state index is 13.5. The molecule has 1 aromatic carbocycles. The molecule has 2 heterocycles. The summed E-state index contributed by atoms with van der Waals surface area (Å²) in [5, 5.41) is 0.934. The van der Waals surface area contributed by atoms with Gasteiger partial charge in [0.05, 0.1) is 44.5 Å². The topological polar surface area (TPSA) is 78.0 Å². The zero-order chi connectivity index (χ0) is 22.0. The standard InChI is InChI=1S/C22H28N2O5S/c1-12(2)21-23-13(3)20(30-21)22(26)24-8-7-14-9-17(27-4)18(28-5)10-15(14)16(24)11-19(25)29-6/h9-10,12,16H,7-8,11H2,1-6H3. The third-order valence-corrected chi connectivity index (χ3v) is 6.80. The van der Waals surface area contributed by atoms with Gasteiger partial charge in [0.25, 0.3) is 5.91 Å². The summed E-state index contributed by atoms with van der Waals surface area (Å²) in [5.74, 6) is 0.972. The van der Waals surface area contributed by atoms with Crippen molar-refractivity contribution in [2.45, 2.75) is 45.6 Å². The molecule has 0 aliphatic carbocycles. The van der Waals surface area contributed by atoms with Crippen molar-refractivity contribution >= 4 is 23.2 Å². The zero-order valence-electron chi connectivity index (χ0n) is 18.3. The monoisotopic (exact) mass is 432 g/mol. The molecular weight excluding hydrogens is 404 g/mol. The Labute approximate surface area is 181 Å². The number of carbonyl (C=O) groups excluding carboxylic acids is 2. The molecule has 0 N–H and O–H groups in total. The highest BCUT2D eigenvalue weighted by molar-refractivity contribution is 7.13. The minimum Gasteiger partial charge on any atom is -0.493 e. The number of aromatic nitrogens is 1. The lowest BCUT2D eigenvalue weighted by molar-refractivity contribution is -0.141. The van der Waals surface area contributed by atoms with E-state index in [0.717, 1.165) is 21.8 Å². The van der Waals surface area contributed by atoms with Crippen molar-refractivity contribution in [2.75, 3.05) is 27.9 Å². The van der Waals surface area contributed by atoms with Crippen molar-refractivity contribution in [3.63, 3.8) is 0 Å². The minimum atomic E-state index is -0.447. The fraction of sp³-hybridized carbons (Fsp3) is 0.500. The van der Waals surface area contributed by atoms with Crippen molar-refractivity contribution in [1.29, 1.82) is 0 Å². The van der Waals surface area contributed by atoms with Crippen molar-refractivity contribution in [3.8, 4) is 11.5 Å². The van der Waals surface area contributed by atoms with Gasteiger partial charge in [0, 0.05) is 12.5 Å². The van der Waals surface area contributed by atoms with E-state index in [4.69, 9.17) is 14.2 Å². The van der Waals surface area contributed by atoms with E-state index in [-0.39, 0.29) is 24.2 Å². The Morgan fingerprint density at radius 3 is 2.43 bits per heavy atom. The van der Waals surface area contributed by atoms with E-state index in [1.807, 2.05) is 19.1 Å². The van der Waals surface area contributed by atoms with E-state index in [0.29, 0.717) is 29.3 Å². The predicted molar refractivity (Wildman–Crippen MR) is 115 cm³/mol. The van der Waals surface area contributed by atoms with Crippen molar-refractivity contribution in [2.24, 2.45) is 0 Å². The average molecular weight is 433 g/mol. The molecule has 0 saturated heterocycles. The molecule has 1 amide bonds. The smallest absolute Gasteiger partial charge is 0.307 e. The minimum absolute atomic E-state index is 0.0691.